The van der Waals surface area contributed by atoms with Crippen LogP contribution in [0.15, 0.2) is 0 Å². The van der Waals surface area contributed by atoms with Crippen molar-refractivity contribution in [1.82, 2.24) is 0 Å². The molecule has 1 rings (SSSR count). The summed E-state index contributed by atoms with van der Waals surface area (Å²) in [5, 5.41) is 35.9. The van der Waals surface area contributed by atoms with Gasteiger partial charge in [-0.25, -0.2) is 0 Å². The van der Waals surface area contributed by atoms with E-state index in [0.29, 0.717) is 0 Å². The minimum atomic E-state index is -1.25. The van der Waals surface area contributed by atoms with E-state index >= 15 is 0 Å². The zero-order valence-corrected chi connectivity index (χ0v) is 6.37. The zero-order chi connectivity index (χ0) is 9.30. The van der Waals surface area contributed by atoms with Crippen LogP contribution in [0.2, 0.25) is 0 Å². The van der Waals surface area contributed by atoms with Crippen molar-refractivity contribution >= 4 is 0 Å². The summed E-state index contributed by atoms with van der Waals surface area (Å²) < 4.78 is 4.81. The quantitative estimate of drug-likeness (QED) is 0.374. The molecule has 5 heteroatoms. The molecule has 1 fully saturated rings. The molecule has 5 nitrogen and oxygen atoms in total. The molecule has 0 spiro atoms. The van der Waals surface area contributed by atoms with Crippen LogP contribution in [0.25, 0.3) is 0 Å². The third kappa shape index (κ3) is 1.60. The van der Waals surface area contributed by atoms with E-state index in [1.807, 2.05) is 0 Å². The Bertz CT molecular complexity index is 151. The first kappa shape index (κ1) is 9.88. The predicted molar refractivity (Wildman–Crippen MR) is 38.1 cm³/mol. The van der Waals surface area contributed by atoms with Gasteiger partial charge in [0.25, 0.3) is 0 Å². The maximum Gasteiger partial charge on any atom is 0.115 e. The minimum Gasteiger partial charge on any atom is -0.394 e. The highest BCUT2D eigenvalue weighted by molar-refractivity contribution is 4.94. The highest BCUT2D eigenvalue weighted by atomic mass is 16.6. The Labute approximate surface area is 70.2 Å². The normalized spacial score (nSPS) is 44.8. The Morgan fingerprint density at radius 1 is 1.33 bits per heavy atom. The lowest BCUT2D eigenvalue weighted by Gasteiger charge is -2.18. The molecule has 3 unspecified atom stereocenters. The summed E-state index contributed by atoms with van der Waals surface area (Å²) in [4.78, 5) is 0. The van der Waals surface area contributed by atoms with Crippen LogP contribution in [0.4, 0.5) is 0 Å². The van der Waals surface area contributed by atoms with Crippen LogP contribution in [0, 0.1) is 6.92 Å². The topological polar surface area (TPSA) is 90.2 Å². The van der Waals surface area contributed by atoms with Crippen molar-refractivity contribution in [3.05, 3.63) is 6.92 Å². The smallest absolute Gasteiger partial charge is 0.115 e. The monoisotopic (exact) mass is 176 g/mol. The molecule has 70 valence electrons. The van der Waals surface area contributed by atoms with Gasteiger partial charge in [0, 0.05) is 0 Å². The number of ether oxygens (including phenoxy) is 1. The van der Waals surface area contributed by atoms with E-state index in [9.17, 15) is 5.11 Å². The fraction of sp³-hybridized carbons (Fsp3) is 0.857. The molecular formula is C7H12O5. The lowest BCUT2D eigenvalue weighted by atomic mass is 10.1. The van der Waals surface area contributed by atoms with E-state index in [2.05, 4.69) is 0 Å². The second-order valence-electron chi connectivity index (χ2n) is 2.80. The second kappa shape index (κ2) is 3.68. The van der Waals surface area contributed by atoms with Crippen molar-refractivity contribution in [3.63, 3.8) is 0 Å². The third-order valence-electron chi connectivity index (χ3n) is 1.90. The molecule has 4 N–H and O–H groups in total. The molecule has 2 radical (unpaired) electrons. The molecule has 1 aliphatic rings. The minimum absolute atomic E-state index is 0.541. The van der Waals surface area contributed by atoms with Crippen molar-refractivity contribution in [1.29, 1.82) is 0 Å². The maximum atomic E-state index is 9.20. The van der Waals surface area contributed by atoms with Crippen LogP contribution in [0.3, 0.4) is 0 Å². The van der Waals surface area contributed by atoms with Gasteiger partial charge in [-0.05, 0) is 6.92 Å². The van der Waals surface area contributed by atoms with Gasteiger partial charge in [0.05, 0.1) is 12.7 Å². The van der Waals surface area contributed by atoms with Crippen molar-refractivity contribution < 1.29 is 25.2 Å². The first-order chi connectivity index (χ1) is 5.57. The van der Waals surface area contributed by atoms with E-state index in [1.54, 1.807) is 0 Å². The lowest BCUT2D eigenvalue weighted by molar-refractivity contribution is -0.0755. The molecule has 0 amide bonds. The Balaban J connectivity index is 2.58. The largest absolute Gasteiger partial charge is 0.394 e. The first-order valence-electron chi connectivity index (χ1n) is 3.64. The van der Waals surface area contributed by atoms with Gasteiger partial charge in [0.15, 0.2) is 0 Å². The predicted octanol–water partition coefficient (Wildman–Crippen LogP) is -2.46. The summed E-state index contributed by atoms with van der Waals surface area (Å²) in [6.45, 7) is 4.69. The molecule has 1 heterocycles. The van der Waals surface area contributed by atoms with Gasteiger partial charge in [-0.1, -0.05) is 0 Å². The zero-order valence-electron chi connectivity index (χ0n) is 6.37. The van der Waals surface area contributed by atoms with Crippen LogP contribution in [0.1, 0.15) is 0 Å². The Hall–Kier alpha value is -0.200. The van der Waals surface area contributed by atoms with Gasteiger partial charge < -0.3 is 25.2 Å². The number of rotatable bonds is 2. The molecule has 5 atom stereocenters. The fourth-order valence-electron chi connectivity index (χ4n) is 1.15. The average Bonchev–Trinajstić information content (AvgIpc) is 2.32. The van der Waals surface area contributed by atoms with Crippen LogP contribution >= 0.6 is 0 Å². The van der Waals surface area contributed by atoms with E-state index < -0.39 is 37.1 Å². The molecule has 0 aromatic heterocycles. The summed E-state index contributed by atoms with van der Waals surface area (Å²) in [6, 6.07) is 0. The van der Waals surface area contributed by atoms with Gasteiger partial charge in [-0.15, -0.1) is 0 Å². The van der Waals surface area contributed by atoms with E-state index in [-0.39, 0.29) is 0 Å². The Morgan fingerprint density at radius 3 is 2.25 bits per heavy atom. The molecule has 12 heavy (non-hydrogen) atoms. The molecule has 0 saturated carbocycles. The number of hydrogen-bond donors (Lipinski definition) is 4. The average molecular weight is 176 g/mol. The van der Waals surface area contributed by atoms with Crippen molar-refractivity contribution in [2.75, 3.05) is 6.61 Å². The third-order valence-corrected chi connectivity index (χ3v) is 1.90. The summed E-state index contributed by atoms with van der Waals surface area (Å²) in [6.07, 6.45) is -5.70. The molecule has 0 bridgehead atoms. The second-order valence-corrected chi connectivity index (χ2v) is 2.80. The molecule has 0 aromatic rings. The van der Waals surface area contributed by atoms with Crippen LogP contribution in [-0.4, -0.2) is 57.6 Å². The SMILES string of the molecule is [CH]C1O[C@@H](C(O)CO)[C@H](O)C1O. The number of aliphatic hydroxyl groups excluding tert-OH is 4. The van der Waals surface area contributed by atoms with E-state index in [0.717, 1.165) is 0 Å². The van der Waals surface area contributed by atoms with Gasteiger partial charge in [0.1, 0.15) is 24.4 Å². The van der Waals surface area contributed by atoms with E-state index in [4.69, 9.17) is 27.0 Å². The molecular weight excluding hydrogens is 164 g/mol. The number of aliphatic hydroxyl groups is 4. The van der Waals surface area contributed by atoms with Crippen LogP contribution < -0.4 is 0 Å². The summed E-state index contributed by atoms with van der Waals surface area (Å²) in [5.74, 6) is 0. The molecule has 1 aliphatic heterocycles. The Morgan fingerprint density at radius 2 is 1.92 bits per heavy atom. The molecule has 1 saturated heterocycles. The Kier molecular flexibility index (Phi) is 3.03. The summed E-state index contributed by atoms with van der Waals surface area (Å²) in [5.41, 5.74) is 0. The van der Waals surface area contributed by atoms with Gasteiger partial charge in [-0.2, -0.15) is 0 Å². The van der Waals surface area contributed by atoms with Gasteiger partial charge in [0.2, 0.25) is 0 Å². The van der Waals surface area contributed by atoms with E-state index in [1.165, 1.54) is 0 Å². The van der Waals surface area contributed by atoms with Crippen LogP contribution in [0.5, 0.6) is 0 Å². The molecule has 0 aromatic carbocycles. The van der Waals surface area contributed by atoms with Crippen molar-refractivity contribution in [3.8, 4) is 0 Å². The molecule has 0 aliphatic carbocycles. The fourth-order valence-corrected chi connectivity index (χ4v) is 1.15. The maximum absolute atomic E-state index is 9.20. The van der Waals surface area contributed by atoms with Gasteiger partial charge >= 0.3 is 0 Å². The highest BCUT2D eigenvalue weighted by Gasteiger charge is 2.43. The summed E-state index contributed by atoms with van der Waals surface area (Å²) in [7, 11) is 0. The lowest BCUT2D eigenvalue weighted by Crippen LogP contribution is -2.40. The summed E-state index contributed by atoms with van der Waals surface area (Å²) >= 11 is 0. The van der Waals surface area contributed by atoms with Crippen molar-refractivity contribution in [2.45, 2.75) is 30.5 Å². The number of hydrogen-bond acceptors (Lipinski definition) is 5. The van der Waals surface area contributed by atoms with Gasteiger partial charge in [-0.3, -0.25) is 0 Å². The first-order valence-corrected chi connectivity index (χ1v) is 3.64. The van der Waals surface area contributed by atoms with Crippen molar-refractivity contribution in [2.24, 2.45) is 0 Å². The highest BCUT2D eigenvalue weighted by Crippen LogP contribution is 2.22. The standard InChI is InChI=1S/C7H12O5/c1-3-5(10)6(11)7(12-3)4(9)2-8/h1,3-11H,2H2/t3?,4?,5?,6-,7+/m1/s1. The van der Waals surface area contributed by atoms with Crippen LogP contribution in [-0.2, 0) is 4.74 Å².